The van der Waals surface area contributed by atoms with Gasteiger partial charge in [-0.25, -0.2) is 0 Å². The van der Waals surface area contributed by atoms with Gasteiger partial charge in [0.2, 0.25) is 0 Å². The Labute approximate surface area is 107 Å². The monoisotopic (exact) mass is 243 g/mol. The first kappa shape index (κ1) is 12.3. The predicted octanol–water partition coefficient (Wildman–Crippen LogP) is 3.26. The van der Waals surface area contributed by atoms with Gasteiger partial charge < -0.3 is 15.2 Å². The Kier molecular flexibility index (Phi) is 3.42. The fourth-order valence-electron chi connectivity index (χ4n) is 2.00. The van der Waals surface area contributed by atoms with Crippen LogP contribution in [-0.4, -0.2) is 14.2 Å². The minimum absolute atomic E-state index is 0.718. The van der Waals surface area contributed by atoms with Crippen LogP contribution in [0, 0.1) is 6.92 Å². The van der Waals surface area contributed by atoms with Crippen molar-refractivity contribution in [3.05, 3.63) is 42.0 Å². The topological polar surface area (TPSA) is 44.5 Å². The van der Waals surface area contributed by atoms with Gasteiger partial charge in [-0.05, 0) is 47.9 Å². The molecule has 0 unspecified atom stereocenters. The van der Waals surface area contributed by atoms with Crippen LogP contribution in [0.25, 0.3) is 11.1 Å². The number of hydrogen-bond acceptors (Lipinski definition) is 3. The first-order chi connectivity index (χ1) is 8.63. The van der Waals surface area contributed by atoms with Gasteiger partial charge in [0.15, 0.2) is 11.5 Å². The Morgan fingerprint density at radius 3 is 2.17 bits per heavy atom. The van der Waals surface area contributed by atoms with E-state index >= 15 is 0 Å². The quantitative estimate of drug-likeness (QED) is 0.841. The predicted molar refractivity (Wildman–Crippen MR) is 74.1 cm³/mol. The SMILES string of the molecule is COc1ccc(-c2cc(C)cc(N)c2)cc1OC. The third kappa shape index (κ3) is 2.40. The molecular formula is C15H17NO2. The standard InChI is InChI=1S/C15H17NO2/c1-10-6-12(8-13(16)7-10)11-4-5-14(17-2)15(9-11)18-3/h4-9H,16H2,1-3H3. The van der Waals surface area contributed by atoms with Gasteiger partial charge in [-0.3, -0.25) is 0 Å². The molecule has 2 aromatic carbocycles. The van der Waals surface area contributed by atoms with E-state index in [1.165, 1.54) is 0 Å². The summed E-state index contributed by atoms with van der Waals surface area (Å²) in [4.78, 5) is 0. The summed E-state index contributed by atoms with van der Waals surface area (Å²) in [6.07, 6.45) is 0. The van der Waals surface area contributed by atoms with E-state index in [-0.39, 0.29) is 0 Å². The number of nitrogen functional groups attached to an aromatic ring is 1. The van der Waals surface area contributed by atoms with E-state index in [1.54, 1.807) is 14.2 Å². The maximum atomic E-state index is 5.87. The summed E-state index contributed by atoms with van der Waals surface area (Å²) in [6.45, 7) is 2.03. The van der Waals surface area contributed by atoms with Crippen LogP contribution in [0.4, 0.5) is 5.69 Å². The molecule has 0 aliphatic rings. The lowest BCUT2D eigenvalue weighted by Crippen LogP contribution is -1.92. The second kappa shape index (κ2) is 5.00. The molecule has 0 amide bonds. The smallest absolute Gasteiger partial charge is 0.161 e. The lowest BCUT2D eigenvalue weighted by molar-refractivity contribution is 0.355. The van der Waals surface area contributed by atoms with Crippen molar-refractivity contribution >= 4 is 5.69 Å². The largest absolute Gasteiger partial charge is 0.493 e. The van der Waals surface area contributed by atoms with Crippen molar-refractivity contribution in [2.24, 2.45) is 0 Å². The number of rotatable bonds is 3. The number of ether oxygens (including phenoxy) is 2. The van der Waals surface area contributed by atoms with Crippen LogP contribution in [0.2, 0.25) is 0 Å². The molecule has 2 aromatic rings. The Bertz CT molecular complexity index is 544. The zero-order valence-electron chi connectivity index (χ0n) is 10.9. The number of anilines is 1. The van der Waals surface area contributed by atoms with Crippen molar-refractivity contribution in [3.63, 3.8) is 0 Å². The van der Waals surface area contributed by atoms with E-state index < -0.39 is 0 Å². The Hall–Kier alpha value is -2.16. The summed E-state index contributed by atoms with van der Waals surface area (Å²) >= 11 is 0. The van der Waals surface area contributed by atoms with Crippen molar-refractivity contribution in [1.29, 1.82) is 0 Å². The Balaban J connectivity index is 2.50. The number of methoxy groups -OCH3 is 2. The highest BCUT2D eigenvalue weighted by Crippen LogP contribution is 2.33. The van der Waals surface area contributed by atoms with Crippen LogP contribution in [0.1, 0.15) is 5.56 Å². The van der Waals surface area contributed by atoms with E-state index in [4.69, 9.17) is 15.2 Å². The van der Waals surface area contributed by atoms with Crippen molar-refractivity contribution in [1.82, 2.24) is 0 Å². The highest BCUT2D eigenvalue weighted by molar-refractivity contribution is 5.71. The summed E-state index contributed by atoms with van der Waals surface area (Å²) in [5.41, 5.74) is 9.91. The van der Waals surface area contributed by atoms with Crippen LogP contribution in [0.15, 0.2) is 36.4 Å². The zero-order chi connectivity index (χ0) is 13.1. The molecule has 0 spiro atoms. The van der Waals surface area contributed by atoms with Crippen LogP contribution in [-0.2, 0) is 0 Å². The van der Waals surface area contributed by atoms with Crippen molar-refractivity contribution in [2.75, 3.05) is 20.0 Å². The fourth-order valence-corrected chi connectivity index (χ4v) is 2.00. The number of benzene rings is 2. The van der Waals surface area contributed by atoms with Gasteiger partial charge in [0.1, 0.15) is 0 Å². The molecule has 0 fully saturated rings. The first-order valence-electron chi connectivity index (χ1n) is 5.73. The maximum Gasteiger partial charge on any atom is 0.161 e. The van der Waals surface area contributed by atoms with Crippen molar-refractivity contribution < 1.29 is 9.47 Å². The van der Waals surface area contributed by atoms with Gasteiger partial charge >= 0.3 is 0 Å². The third-order valence-electron chi connectivity index (χ3n) is 2.82. The molecule has 0 saturated heterocycles. The molecule has 2 N–H and O–H groups in total. The summed E-state index contributed by atoms with van der Waals surface area (Å²) < 4.78 is 10.5. The van der Waals surface area contributed by atoms with Crippen LogP contribution in [0.5, 0.6) is 11.5 Å². The second-order valence-corrected chi connectivity index (χ2v) is 4.20. The third-order valence-corrected chi connectivity index (χ3v) is 2.82. The van der Waals surface area contributed by atoms with E-state index in [0.29, 0.717) is 0 Å². The first-order valence-corrected chi connectivity index (χ1v) is 5.73. The van der Waals surface area contributed by atoms with Gasteiger partial charge in [-0.15, -0.1) is 0 Å². The van der Waals surface area contributed by atoms with Gasteiger partial charge in [0.25, 0.3) is 0 Å². The summed E-state index contributed by atoms with van der Waals surface area (Å²) in [6, 6.07) is 11.8. The molecule has 2 rings (SSSR count). The summed E-state index contributed by atoms with van der Waals surface area (Å²) in [5, 5.41) is 0. The number of aryl methyl sites for hydroxylation is 1. The Morgan fingerprint density at radius 2 is 1.56 bits per heavy atom. The average Bonchev–Trinajstić information content (AvgIpc) is 2.36. The van der Waals surface area contributed by atoms with Crippen LogP contribution >= 0.6 is 0 Å². The summed E-state index contributed by atoms with van der Waals surface area (Å²) in [5.74, 6) is 1.44. The van der Waals surface area contributed by atoms with Gasteiger partial charge in [-0.2, -0.15) is 0 Å². The van der Waals surface area contributed by atoms with Crippen LogP contribution < -0.4 is 15.2 Å². The molecule has 0 saturated carbocycles. The Morgan fingerprint density at radius 1 is 0.833 bits per heavy atom. The molecule has 18 heavy (non-hydrogen) atoms. The fraction of sp³-hybridized carbons (Fsp3) is 0.200. The van der Waals surface area contributed by atoms with Gasteiger partial charge in [-0.1, -0.05) is 12.1 Å². The number of nitrogens with two attached hydrogens (primary N) is 1. The molecule has 0 aliphatic carbocycles. The lowest BCUT2D eigenvalue weighted by atomic mass is 10.0. The molecule has 3 nitrogen and oxygen atoms in total. The molecule has 0 atom stereocenters. The van der Waals surface area contributed by atoms with E-state index in [0.717, 1.165) is 33.9 Å². The van der Waals surface area contributed by atoms with Gasteiger partial charge in [0, 0.05) is 5.69 Å². The van der Waals surface area contributed by atoms with Crippen molar-refractivity contribution in [3.8, 4) is 22.6 Å². The van der Waals surface area contributed by atoms with E-state index in [1.807, 2.05) is 37.3 Å². The highest BCUT2D eigenvalue weighted by atomic mass is 16.5. The lowest BCUT2D eigenvalue weighted by Gasteiger charge is -2.10. The molecular weight excluding hydrogens is 226 g/mol. The minimum Gasteiger partial charge on any atom is -0.493 e. The van der Waals surface area contributed by atoms with Crippen molar-refractivity contribution in [2.45, 2.75) is 6.92 Å². The molecule has 0 aromatic heterocycles. The van der Waals surface area contributed by atoms with Gasteiger partial charge in [0.05, 0.1) is 14.2 Å². The molecule has 94 valence electrons. The summed E-state index contributed by atoms with van der Waals surface area (Å²) in [7, 11) is 3.26. The van der Waals surface area contributed by atoms with E-state index in [9.17, 15) is 0 Å². The van der Waals surface area contributed by atoms with Crippen LogP contribution in [0.3, 0.4) is 0 Å². The zero-order valence-corrected chi connectivity index (χ0v) is 10.9. The molecule has 3 heteroatoms. The van der Waals surface area contributed by atoms with E-state index in [2.05, 4.69) is 6.07 Å². The number of hydrogen-bond donors (Lipinski definition) is 1. The minimum atomic E-state index is 0.718. The molecule has 0 aliphatic heterocycles. The second-order valence-electron chi connectivity index (χ2n) is 4.20. The highest BCUT2D eigenvalue weighted by Gasteiger charge is 2.06. The molecule has 0 bridgehead atoms. The maximum absolute atomic E-state index is 5.87. The average molecular weight is 243 g/mol. The molecule has 0 radical (unpaired) electrons. The normalized spacial score (nSPS) is 10.2. The molecule has 0 heterocycles.